The van der Waals surface area contributed by atoms with Crippen LogP contribution in [0.25, 0.3) is 10.9 Å². The van der Waals surface area contributed by atoms with Crippen molar-refractivity contribution in [2.24, 2.45) is 5.14 Å². The SMILES string of the molecule is C=S(N)(=O)c1cccc(COc2cc3ncnc(Nc4ccc(C)nc4)c3cc2OC)c1. The summed E-state index contributed by atoms with van der Waals surface area (Å²) >= 11 is 0. The van der Waals surface area contributed by atoms with Gasteiger partial charge in [0.25, 0.3) is 0 Å². The molecule has 0 amide bonds. The first-order valence-corrected chi connectivity index (χ1v) is 11.5. The van der Waals surface area contributed by atoms with E-state index in [0.29, 0.717) is 27.7 Å². The second-order valence-corrected chi connectivity index (χ2v) is 9.14. The van der Waals surface area contributed by atoms with Crippen molar-refractivity contribution in [3.8, 4) is 11.5 Å². The standard InChI is InChI=1S/C23H23N5O3S/c1-15-7-8-17(12-25-15)28-23-19-10-21(30-2)22(11-20(19)26-14-27-23)31-13-16-5-4-6-18(9-16)32(3,24)29/h4-12,14H,3,13H2,1-2H3,(H2,24,29)(H,26,27,28). The Balaban J connectivity index is 1.62. The van der Waals surface area contributed by atoms with Gasteiger partial charge in [-0.3, -0.25) is 10.1 Å². The number of nitrogens with zero attached hydrogens (tertiary/aromatic N) is 3. The summed E-state index contributed by atoms with van der Waals surface area (Å²) in [6.07, 6.45) is 3.23. The normalized spacial score (nSPS) is 12.8. The highest BCUT2D eigenvalue weighted by molar-refractivity contribution is 7.98. The summed E-state index contributed by atoms with van der Waals surface area (Å²) < 4.78 is 23.6. The van der Waals surface area contributed by atoms with E-state index in [2.05, 4.69) is 26.1 Å². The molecule has 0 aliphatic rings. The molecule has 0 aliphatic heterocycles. The van der Waals surface area contributed by atoms with E-state index in [-0.39, 0.29) is 6.61 Å². The molecule has 4 aromatic rings. The second-order valence-electron chi connectivity index (χ2n) is 7.22. The number of nitrogens with two attached hydrogens (primary N) is 1. The Kier molecular flexibility index (Phi) is 5.93. The highest BCUT2D eigenvalue weighted by Gasteiger charge is 2.13. The number of methoxy groups -OCH3 is 1. The Morgan fingerprint density at radius 3 is 2.66 bits per heavy atom. The molecule has 3 N–H and O–H groups in total. The monoisotopic (exact) mass is 449 g/mol. The van der Waals surface area contributed by atoms with Crippen molar-refractivity contribution in [2.45, 2.75) is 18.4 Å². The van der Waals surface area contributed by atoms with E-state index in [0.717, 1.165) is 22.3 Å². The number of rotatable bonds is 7. The molecule has 0 aliphatic carbocycles. The minimum Gasteiger partial charge on any atom is -0.493 e. The van der Waals surface area contributed by atoms with E-state index in [4.69, 9.17) is 14.6 Å². The lowest BCUT2D eigenvalue weighted by molar-refractivity contribution is 0.285. The van der Waals surface area contributed by atoms with E-state index in [1.54, 1.807) is 37.6 Å². The molecule has 8 nitrogen and oxygen atoms in total. The second kappa shape index (κ2) is 8.81. The molecule has 2 aromatic heterocycles. The van der Waals surface area contributed by atoms with Crippen LogP contribution < -0.4 is 19.9 Å². The van der Waals surface area contributed by atoms with Crippen LogP contribution >= 0.6 is 0 Å². The number of benzene rings is 2. The van der Waals surface area contributed by atoms with Crippen LogP contribution in [0.1, 0.15) is 11.3 Å². The lowest BCUT2D eigenvalue weighted by Gasteiger charge is -2.14. The first-order valence-electron chi connectivity index (χ1n) is 9.72. The zero-order valence-corrected chi connectivity index (χ0v) is 18.6. The molecule has 0 bridgehead atoms. The molecule has 1 unspecified atom stereocenters. The zero-order valence-electron chi connectivity index (χ0n) is 17.7. The van der Waals surface area contributed by atoms with Crippen LogP contribution in [0, 0.1) is 6.92 Å². The fraction of sp³-hybridized carbons (Fsp3) is 0.130. The van der Waals surface area contributed by atoms with Crippen molar-refractivity contribution in [1.82, 2.24) is 15.0 Å². The highest BCUT2D eigenvalue weighted by atomic mass is 32.2. The Hall–Kier alpha value is -3.69. The number of hydrogen-bond acceptors (Lipinski definition) is 7. The molecule has 2 aromatic carbocycles. The third kappa shape index (κ3) is 4.79. The highest BCUT2D eigenvalue weighted by Crippen LogP contribution is 2.35. The van der Waals surface area contributed by atoms with Crippen LogP contribution in [0.3, 0.4) is 0 Å². The molecule has 0 saturated heterocycles. The number of hydrogen-bond donors (Lipinski definition) is 2. The molecular formula is C23H23N5O3S. The molecule has 32 heavy (non-hydrogen) atoms. The molecule has 0 fully saturated rings. The van der Waals surface area contributed by atoms with E-state index in [1.165, 1.54) is 6.33 Å². The molecule has 2 heterocycles. The van der Waals surface area contributed by atoms with Gasteiger partial charge in [0.2, 0.25) is 0 Å². The number of aromatic nitrogens is 3. The predicted octanol–water partition coefficient (Wildman–Crippen LogP) is 3.61. The molecule has 0 spiro atoms. The van der Waals surface area contributed by atoms with Gasteiger partial charge in [-0.25, -0.2) is 14.2 Å². The van der Waals surface area contributed by atoms with Gasteiger partial charge in [-0.1, -0.05) is 12.1 Å². The van der Waals surface area contributed by atoms with Gasteiger partial charge in [-0.15, -0.1) is 0 Å². The zero-order chi connectivity index (χ0) is 22.7. The van der Waals surface area contributed by atoms with Crippen molar-refractivity contribution < 1.29 is 13.7 Å². The molecule has 9 heteroatoms. The van der Waals surface area contributed by atoms with Gasteiger partial charge in [0.15, 0.2) is 11.5 Å². The van der Waals surface area contributed by atoms with Crippen molar-refractivity contribution in [3.63, 3.8) is 0 Å². The van der Waals surface area contributed by atoms with Crippen LogP contribution in [0.4, 0.5) is 11.5 Å². The van der Waals surface area contributed by atoms with Crippen LogP contribution in [0.2, 0.25) is 0 Å². The predicted molar refractivity (Wildman–Crippen MR) is 127 cm³/mol. The topological polar surface area (TPSA) is 112 Å². The van der Waals surface area contributed by atoms with E-state index < -0.39 is 9.71 Å². The summed E-state index contributed by atoms with van der Waals surface area (Å²) in [7, 11) is -1.22. The Morgan fingerprint density at radius 1 is 1.09 bits per heavy atom. The summed E-state index contributed by atoms with van der Waals surface area (Å²) in [5, 5.41) is 9.69. The summed E-state index contributed by atoms with van der Waals surface area (Å²) in [4.78, 5) is 13.5. The Morgan fingerprint density at radius 2 is 1.94 bits per heavy atom. The summed E-state index contributed by atoms with van der Waals surface area (Å²) in [5.74, 6) is 5.21. The van der Waals surface area contributed by atoms with Crippen LogP contribution in [0.15, 0.2) is 66.0 Å². The molecule has 0 saturated carbocycles. The van der Waals surface area contributed by atoms with Crippen molar-refractivity contribution in [3.05, 3.63) is 72.3 Å². The fourth-order valence-corrected chi connectivity index (χ4v) is 3.79. The first kappa shape index (κ1) is 21.5. The maximum Gasteiger partial charge on any atom is 0.163 e. The van der Waals surface area contributed by atoms with E-state index >= 15 is 0 Å². The van der Waals surface area contributed by atoms with Gasteiger partial charge in [0.05, 0.1) is 34.2 Å². The Bertz CT molecular complexity index is 1370. The largest absolute Gasteiger partial charge is 0.493 e. The van der Waals surface area contributed by atoms with Crippen molar-refractivity contribution in [2.75, 3.05) is 12.4 Å². The number of pyridine rings is 1. The van der Waals surface area contributed by atoms with Gasteiger partial charge in [0, 0.05) is 22.0 Å². The average molecular weight is 450 g/mol. The third-order valence-electron chi connectivity index (χ3n) is 4.79. The maximum atomic E-state index is 12.0. The van der Waals surface area contributed by atoms with Gasteiger partial charge >= 0.3 is 0 Å². The van der Waals surface area contributed by atoms with Gasteiger partial charge in [-0.05, 0) is 48.7 Å². The number of anilines is 2. The number of ether oxygens (including phenoxy) is 2. The van der Waals surface area contributed by atoms with E-state index in [9.17, 15) is 4.21 Å². The summed E-state index contributed by atoms with van der Waals surface area (Å²) in [6.45, 7) is 2.16. The maximum absolute atomic E-state index is 12.0. The number of nitrogens with one attached hydrogen (secondary N) is 1. The van der Waals surface area contributed by atoms with Crippen LogP contribution in [-0.4, -0.2) is 32.1 Å². The number of aryl methyl sites for hydroxylation is 1. The third-order valence-corrected chi connectivity index (χ3v) is 5.84. The van der Waals surface area contributed by atoms with Gasteiger partial charge < -0.3 is 14.8 Å². The van der Waals surface area contributed by atoms with Gasteiger partial charge in [-0.2, -0.15) is 0 Å². The lowest BCUT2D eigenvalue weighted by atomic mass is 10.2. The first-order chi connectivity index (χ1) is 15.3. The summed E-state index contributed by atoms with van der Waals surface area (Å²) in [5.41, 5.74) is 3.25. The molecule has 164 valence electrons. The van der Waals surface area contributed by atoms with Crippen LogP contribution in [-0.2, 0) is 16.3 Å². The van der Waals surface area contributed by atoms with Crippen molar-refractivity contribution >= 4 is 38.0 Å². The van der Waals surface area contributed by atoms with Crippen molar-refractivity contribution in [1.29, 1.82) is 0 Å². The molecular weight excluding hydrogens is 426 g/mol. The quantitative estimate of drug-likeness (QED) is 0.415. The molecule has 0 radical (unpaired) electrons. The molecule has 4 rings (SSSR count). The van der Waals surface area contributed by atoms with Gasteiger partial charge in [0.1, 0.15) is 18.8 Å². The number of fused-ring (bicyclic) bond motifs is 1. The minimum absolute atomic E-state index is 0.233. The average Bonchev–Trinajstić information content (AvgIpc) is 2.78. The van der Waals surface area contributed by atoms with E-state index in [1.807, 2.05) is 31.2 Å². The van der Waals surface area contributed by atoms with Crippen LogP contribution in [0.5, 0.6) is 11.5 Å². The smallest absolute Gasteiger partial charge is 0.163 e. The fourth-order valence-electron chi connectivity index (χ4n) is 3.13. The Labute approximate surface area is 186 Å². The lowest BCUT2D eigenvalue weighted by Crippen LogP contribution is -2.12. The summed E-state index contributed by atoms with van der Waals surface area (Å²) in [6, 6.07) is 14.5. The molecule has 1 atom stereocenters. The minimum atomic E-state index is -2.79.